The van der Waals surface area contributed by atoms with Gasteiger partial charge in [0, 0.05) is 23.8 Å². The molecule has 122 valence electrons. The number of fused-ring (bicyclic) bond motifs is 3. The molecule has 0 radical (unpaired) electrons. The van der Waals surface area contributed by atoms with Gasteiger partial charge in [-0.05, 0) is 53.4 Å². The number of rotatable bonds is 1. The number of hydrogen-bond donors (Lipinski definition) is 1. The number of halogens is 3. The summed E-state index contributed by atoms with van der Waals surface area (Å²) < 4.78 is 45.0. The molecule has 2 aromatic rings. The molecule has 1 fully saturated rings. The first-order valence-corrected chi connectivity index (χ1v) is 8.60. The maximum absolute atomic E-state index is 13.0. The molecule has 1 aromatic carbocycles. The van der Waals surface area contributed by atoms with E-state index in [1.54, 1.807) is 11.3 Å². The zero-order valence-electron chi connectivity index (χ0n) is 12.3. The molecule has 2 aliphatic rings. The molecular formula is C17H16F3NOS. The van der Waals surface area contributed by atoms with Crippen LogP contribution in [0.1, 0.15) is 41.7 Å². The Hall–Kier alpha value is -1.53. The van der Waals surface area contributed by atoms with Gasteiger partial charge in [-0.25, -0.2) is 0 Å². The van der Waals surface area contributed by atoms with Crippen molar-refractivity contribution in [3.05, 3.63) is 51.7 Å². The van der Waals surface area contributed by atoms with Gasteiger partial charge in [0.05, 0.1) is 17.7 Å². The highest BCUT2D eigenvalue weighted by Gasteiger charge is 2.41. The van der Waals surface area contributed by atoms with Gasteiger partial charge in [0.15, 0.2) is 0 Å². The van der Waals surface area contributed by atoms with E-state index in [9.17, 15) is 13.2 Å². The van der Waals surface area contributed by atoms with Crippen LogP contribution in [0.15, 0.2) is 35.0 Å². The summed E-state index contributed by atoms with van der Waals surface area (Å²) in [6.45, 7) is 0.604. The van der Waals surface area contributed by atoms with Crippen LogP contribution in [0.4, 0.5) is 18.9 Å². The summed E-state index contributed by atoms with van der Waals surface area (Å²) >= 11 is 1.63. The lowest BCUT2D eigenvalue weighted by molar-refractivity contribution is -0.137. The average molecular weight is 339 g/mol. The van der Waals surface area contributed by atoms with E-state index in [1.165, 1.54) is 17.7 Å². The summed E-state index contributed by atoms with van der Waals surface area (Å²) in [6, 6.07) is 6.08. The monoisotopic (exact) mass is 339 g/mol. The molecule has 6 heteroatoms. The Morgan fingerprint density at radius 2 is 2.09 bits per heavy atom. The van der Waals surface area contributed by atoms with E-state index < -0.39 is 11.7 Å². The van der Waals surface area contributed by atoms with Crippen molar-refractivity contribution in [2.75, 3.05) is 11.9 Å². The fourth-order valence-corrected chi connectivity index (χ4v) is 4.33. The Balaban J connectivity index is 1.78. The molecule has 2 nitrogen and oxygen atoms in total. The Kier molecular flexibility index (Phi) is 3.61. The Bertz CT molecular complexity index is 698. The Morgan fingerprint density at radius 1 is 1.22 bits per heavy atom. The van der Waals surface area contributed by atoms with Gasteiger partial charge in [0.1, 0.15) is 0 Å². The number of ether oxygens (including phenoxy) is 1. The van der Waals surface area contributed by atoms with Gasteiger partial charge in [-0.1, -0.05) is 0 Å². The molecule has 0 spiro atoms. The number of anilines is 1. The van der Waals surface area contributed by atoms with Crippen LogP contribution in [0.5, 0.6) is 0 Å². The smallest absolute Gasteiger partial charge is 0.378 e. The summed E-state index contributed by atoms with van der Waals surface area (Å²) in [5, 5.41) is 7.56. The lowest BCUT2D eigenvalue weighted by Crippen LogP contribution is -2.36. The second kappa shape index (κ2) is 5.53. The number of nitrogens with one attached hydrogen (secondary N) is 1. The van der Waals surface area contributed by atoms with Gasteiger partial charge in [-0.15, -0.1) is 0 Å². The van der Waals surface area contributed by atoms with Crippen LogP contribution in [-0.2, 0) is 10.9 Å². The number of alkyl halides is 3. The van der Waals surface area contributed by atoms with Crippen molar-refractivity contribution in [3.63, 3.8) is 0 Å². The van der Waals surface area contributed by atoms with Crippen LogP contribution in [0.3, 0.4) is 0 Å². The summed E-state index contributed by atoms with van der Waals surface area (Å²) in [6.07, 6.45) is -2.71. The van der Waals surface area contributed by atoms with E-state index >= 15 is 0 Å². The molecule has 23 heavy (non-hydrogen) atoms. The first-order chi connectivity index (χ1) is 11.0. The molecule has 3 atom stereocenters. The summed E-state index contributed by atoms with van der Waals surface area (Å²) in [5.41, 5.74) is 1.95. The van der Waals surface area contributed by atoms with Crippen molar-refractivity contribution in [1.82, 2.24) is 0 Å². The van der Waals surface area contributed by atoms with E-state index in [4.69, 9.17) is 4.74 Å². The second-order valence-corrected chi connectivity index (χ2v) is 6.86. The Morgan fingerprint density at radius 3 is 2.83 bits per heavy atom. The highest BCUT2D eigenvalue weighted by Crippen LogP contribution is 2.50. The molecule has 0 saturated carbocycles. The molecule has 1 aromatic heterocycles. The average Bonchev–Trinajstić information content (AvgIpc) is 3.07. The van der Waals surface area contributed by atoms with Crippen LogP contribution < -0.4 is 5.32 Å². The predicted octanol–water partition coefficient (Wildman–Crippen LogP) is 5.40. The maximum atomic E-state index is 13.0. The maximum Gasteiger partial charge on any atom is 0.416 e. The van der Waals surface area contributed by atoms with Crippen molar-refractivity contribution >= 4 is 17.0 Å². The third-order valence-electron chi connectivity index (χ3n) is 4.69. The van der Waals surface area contributed by atoms with E-state index in [2.05, 4.69) is 16.8 Å². The largest absolute Gasteiger partial charge is 0.416 e. The van der Waals surface area contributed by atoms with Crippen molar-refractivity contribution in [2.24, 2.45) is 5.92 Å². The number of hydrogen-bond acceptors (Lipinski definition) is 3. The summed E-state index contributed by atoms with van der Waals surface area (Å²) in [4.78, 5) is 0. The molecular weight excluding hydrogens is 323 g/mol. The summed E-state index contributed by atoms with van der Waals surface area (Å²) in [5.74, 6) is 0.161. The zero-order chi connectivity index (χ0) is 16.0. The van der Waals surface area contributed by atoms with Crippen molar-refractivity contribution in [3.8, 4) is 0 Å². The zero-order valence-corrected chi connectivity index (χ0v) is 13.1. The topological polar surface area (TPSA) is 21.3 Å². The van der Waals surface area contributed by atoms with Crippen LogP contribution in [0.25, 0.3) is 0 Å². The lowest BCUT2D eigenvalue weighted by Gasteiger charge is -2.43. The number of benzene rings is 1. The molecule has 0 unspecified atom stereocenters. The minimum atomic E-state index is -4.33. The number of thiophene rings is 1. The molecule has 0 aliphatic carbocycles. The van der Waals surface area contributed by atoms with Crippen molar-refractivity contribution in [2.45, 2.75) is 31.2 Å². The van der Waals surface area contributed by atoms with Gasteiger partial charge in [0.25, 0.3) is 0 Å². The van der Waals surface area contributed by atoms with E-state index in [-0.39, 0.29) is 18.1 Å². The second-order valence-electron chi connectivity index (χ2n) is 6.08. The van der Waals surface area contributed by atoms with Crippen LogP contribution >= 0.6 is 11.3 Å². The molecule has 3 heterocycles. The summed E-state index contributed by atoms with van der Waals surface area (Å²) in [7, 11) is 0. The molecule has 0 amide bonds. The van der Waals surface area contributed by atoms with Gasteiger partial charge in [-0.2, -0.15) is 24.5 Å². The van der Waals surface area contributed by atoms with E-state index in [0.29, 0.717) is 12.2 Å². The van der Waals surface area contributed by atoms with Gasteiger partial charge in [-0.3, -0.25) is 0 Å². The van der Waals surface area contributed by atoms with E-state index in [1.807, 2.05) is 5.38 Å². The Labute approximate surface area is 136 Å². The quantitative estimate of drug-likeness (QED) is 0.751. The van der Waals surface area contributed by atoms with Crippen LogP contribution in [0.2, 0.25) is 0 Å². The fourth-order valence-electron chi connectivity index (χ4n) is 3.63. The van der Waals surface area contributed by atoms with Crippen LogP contribution in [0, 0.1) is 5.92 Å². The predicted molar refractivity (Wildman–Crippen MR) is 83.5 cm³/mol. The third-order valence-corrected chi connectivity index (χ3v) is 5.40. The normalized spacial score (nSPS) is 27.0. The van der Waals surface area contributed by atoms with E-state index in [0.717, 1.165) is 24.6 Å². The first kappa shape index (κ1) is 15.0. The van der Waals surface area contributed by atoms with Gasteiger partial charge >= 0.3 is 6.18 Å². The lowest BCUT2D eigenvalue weighted by atomic mass is 9.78. The van der Waals surface area contributed by atoms with Gasteiger partial charge < -0.3 is 10.1 Å². The van der Waals surface area contributed by atoms with Crippen molar-refractivity contribution < 1.29 is 17.9 Å². The molecule has 1 saturated heterocycles. The van der Waals surface area contributed by atoms with Crippen molar-refractivity contribution in [1.29, 1.82) is 0 Å². The third kappa shape index (κ3) is 2.64. The molecule has 4 rings (SSSR count). The first-order valence-electron chi connectivity index (χ1n) is 7.65. The molecule has 0 bridgehead atoms. The van der Waals surface area contributed by atoms with Crippen LogP contribution in [-0.4, -0.2) is 6.61 Å². The highest BCUT2D eigenvalue weighted by atomic mass is 32.1. The minimum Gasteiger partial charge on any atom is -0.378 e. The molecule has 1 N–H and O–H groups in total. The SMILES string of the molecule is FC(F)(F)c1ccc2c(c1)[C@H]1OCCC[C@H]1[C@H](c1ccsc1)N2. The standard InChI is InChI=1S/C17H16F3NOS/c18-17(19,20)11-3-4-14-13(8-11)16-12(2-1-6-22-16)15(21-14)10-5-7-23-9-10/h3-5,7-9,12,15-16,21H,1-2,6H2/t12-,15-,16-/m0/s1. The fraction of sp³-hybridized carbons (Fsp3) is 0.412. The highest BCUT2D eigenvalue weighted by molar-refractivity contribution is 7.08. The van der Waals surface area contributed by atoms with Gasteiger partial charge in [0.2, 0.25) is 0 Å². The minimum absolute atomic E-state index is 0.0933. The molecule has 2 aliphatic heterocycles.